The van der Waals surface area contributed by atoms with Crippen LogP contribution in [-0.2, 0) is 15.1 Å². The van der Waals surface area contributed by atoms with Gasteiger partial charge in [-0.3, -0.25) is 0 Å². The van der Waals surface area contributed by atoms with Crippen LogP contribution < -0.4 is 0 Å². The minimum Gasteiger partial charge on any atom is -0.505 e. The van der Waals surface area contributed by atoms with Crippen molar-refractivity contribution in [3.05, 3.63) is 71.7 Å². The van der Waals surface area contributed by atoms with Gasteiger partial charge in [-0.05, 0) is 18.1 Å². The van der Waals surface area contributed by atoms with Crippen LogP contribution in [0.2, 0.25) is 0 Å². The molecule has 0 saturated carbocycles. The summed E-state index contributed by atoms with van der Waals surface area (Å²) in [5, 5.41) is 19.4. The molecule has 0 fully saturated rings. The maximum Gasteiger partial charge on any atom is 0.378 e. The van der Waals surface area contributed by atoms with Crippen LogP contribution in [0.1, 0.15) is 12.5 Å². The van der Waals surface area contributed by atoms with Crippen LogP contribution in [0.3, 0.4) is 0 Å². The molecule has 2 aromatic carbocycles. The van der Waals surface area contributed by atoms with E-state index < -0.39 is 23.1 Å². The molecule has 0 radical (unpaired) electrons. The molecule has 1 heterocycles. The Morgan fingerprint density at radius 3 is 2.00 bits per heavy atom. The van der Waals surface area contributed by atoms with Crippen molar-refractivity contribution in [3.8, 4) is 11.1 Å². The van der Waals surface area contributed by atoms with Gasteiger partial charge < -0.3 is 14.9 Å². The van der Waals surface area contributed by atoms with E-state index >= 15 is 0 Å². The quantitative estimate of drug-likeness (QED) is 0.828. The number of hydrogen-bond donors (Lipinski definition) is 2. The lowest BCUT2D eigenvalue weighted by Gasteiger charge is -2.23. The SMILES string of the molecule is CC1(c2ccc(-c3ccccc3)cc2)OC(=O)C(O)=C1O. The van der Waals surface area contributed by atoms with Gasteiger partial charge in [0.2, 0.25) is 5.76 Å². The molecular formula is C17H14O4. The maximum atomic E-state index is 11.4. The van der Waals surface area contributed by atoms with Gasteiger partial charge in [0.15, 0.2) is 11.4 Å². The first kappa shape index (κ1) is 13.2. The summed E-state index contributed by atoms with van der Waals surface area (Å²) < 4.78 is 5.09. The first-order chi connectivity index (χ1) is 10.0. The van der Waals surface area contributed by atoms with Gasteiger partial charge in [-0.2, -0.15) is 0 Å². The Bertz CT molecular complexity index is 716. The third-order valence-electron chi connectivity index (χ3n) is 3.71. The molecule has 1 atom stereocenters. The molecule has 0 spiro atoms. The van der Waals surface area contributed by atoms with Crippen molar-refractivity contribution < 1.29 is 19.7 Å². The average Bonchev–Trinajstić information content (AvgIpc) is 2.73. The fraction of sp³-hybridized carbons (Fsp3) is 0.118. The minimum absolute atomic E-state index is 0.458. The molecule has 0 aromatic heterocycles. The number of cyclic esters (lactones) is 1. The third-order valence-corrected chi connectivity index (χ3v) is 3.71. The van der Waals surface area contributed by atoms with Crippen LogP contribution in [0, 0.1) is 0 Å². The standard InChI is InChI=1S/C17H14O4/c1-17(15(19)14(18)16(20)21-17)13-9-7-12(8-10-13)11-5-3-2-4-6-11/h2-10,18-19H,1H3. The second kappa shape index (κ2) is 4.66. The van der Waals surface area contributed by atoms with Crippen molar-refractivity contribution in [1.29, 1.82) is 0 Å². The molecule has 1 aliphatic heterocycles. The monoisotopic (exact) mass is 282 g/mol. The summed E-state index contributed by atoms with van der Waals surface area (Å²) in [5.41, 5.74) is 1.34. The van der Waals surface area contributed by atoms with Crippen molar-refractivity contribution >= 4 is 5.97 Å². The lowest BCUT2D eigenvalue weighted by molar-refractivity contribution is -0.149. The molecule has 21 heavy (non-hydrogen) atoms. The van der Waals surface area contributed by atoms with E-state index in [-0.39, 0.29) is 0 Å². The summed E-state index contributed by atoms with van der Waals surface area (Å²) in [7, 11) is 0. The van der Waals surface area contributed by atoms with Gasteiger partial charge in [0.05, 0.1) is 0 Å². The summed E-state index contributed by atoms with van der Waals surface area (Å²) in [6.07, 6.45) is 0. The average molecular weight is 282 g/mol. The van der Waals surface area contributed by atoms with Crippen LogP contribution in [-0.4, -0.2) is 16.2 Å². The number of hydrogen-bond acceptors (Lipinski definition) is 4. The van der Waals surface area contributed by atoms with Crippen molar-refractivity contribution in [2.45, 2.75) is 12.5 Å². The van der Waals surface area contributed by atoms with Gasteiger partial charge in [0.25, 0.3) is 0 Å². The van der Waals surface area contributed by atoms with E-state index in [2.05, 4.69) is 0 Å². The van der Waals surface area contributed by atoms with Gasteiger partial charge in [-0.25, -0.2) is 4.79 Å². The van der Waals surface area contributed by atoms with Crippen LogP contribution in [0.25, 0.3) is 11.1 Å². The Hall–Kier alpha value is -2.75. The molecule has 2 aromatic rings. The molecule has 3 rings (SSSR count). The Morgan fingerprint density at radius 1 is 0.905 bits per heavy atom. The maximum absolute atomic E-state index is 11.4. The van der Waals surface area contributed by atoms with Crippen molar-refractivity contribution in [2.24, 2.45) is 0 Å². The summed E-state index contributed by atoms with van der Waals surface area (Å²) in [5.74, 6) is -2.10. The first-order valence-electron chi connectivity index (χ1n) is 6.54. The molecule has 4 nitrogen and oxygen atoms in total. The molecule has 1 unspecified atom stereocenters. The number of rotatable bonds is 2. The van der Waals surface area contributed by atoms with Gasteiger partial charge in [-0.1, -0.05) is 54.6 Å². The molecule has 0 bridgehead atoms. The van der Waals surface area contributed by atoms with Crippen LogP contribution >= 0.6 is 0 Å². The molecule has 4 heteroatoms. The molecule has 0 aliphatic carbocycles. The Labute approximate surface area is 121 Å². The molecule has 106 valence electrons. The predicted molar refractivity (Wildman–Crippen MR) is 77.6 cm³/mol. The fourth-order valence-corrected chi connectivity index (χ4v) is 2.41. The number of carbonyl (C=O) groups excluding carboxylic acids is 1. The highest BCUT2D eigenvalue weighted by molar-refractivity contribution is 5.90. The predicted octanol–water partition coefficient (Wildman–Crippen LogP) is 3.45. The Kier molecular flexibility index (Phi) is 2.94. The van der Waals surface area contributed by atoms with Crippen LogP contribution in [0.15, 0.2) is 66.1 Å². The second-order valence-electron chi connectivity index (χ2n) is 5.06. The fourth-order valence-electron chi connectivity index (χ4n) is 2.41. The molecule has 0 amide bonds. The molecule has 0 saturated heterocycles. The summed E-state index contributed by atoms with van der Waals surface area (Å²) in [6, 6.07) is 17.1. The van der Waals surface area contributed by atoms with E-state index in [0.29, 0.717) is 5.56 Å². The van der Waals surface area contributed by atoms with Gasteiger partial charge >= 0.3 is 5.97 Å². The zero-order valence-electron chi connectivity index (χ0n) is 11.4. The number of esters is 1. The normalized spacial score (nSPS) is 21.5. The Balaban J connectivity index is 1.98. The number of aliphatic hydroxyl groups excluding tert-OH is 2. The first-order valence-corrected chi connectivity index (χ1v) is 6.54. The molecule has 2 N–H and O–H groups in total. The lowest BCUT2D eigenvalue weighted by Crippen LogP contribution is -2.25. The van der Waals surface area contributed by atoms with Crippen molar-refractivity contribution in [2.75, 3.05) is 0 Å². The highest BCUT2D eigenvalue weighted by atomic mass is 16.6. The van der Waals surface area contributed by atoms with Crippen molar-refractivity contribution in [1.82, 2.24) is 0 Å². The topological polar surface area (TPSA) is 66.8 Å². The molecule has 1 aliphatic rings. The summed E-state index contributed by atoms with van der Waals surface area (Å²) >= 11 is 0. The van der Waals surface area contributed by atoms with Gasteiger partial charge in [0.1, 0.15) is 0 Å². The van der Waals surface area contributed by atoms with Crippen LogP contribution in [0.4, 0.5) is 0 Å². The highest BCUT2D eigenvalue weighted by Crippen LogP contribution is 2.39. The van der Waals surface area contributed by atoms with E-state index in [9.17, 15) is 15.0 Å². The lowest BCUT2D eigenvalue weighted by atomic mass is 9.92. The van der Waals surface area contributed by atoms with Gasteiger partial charge in [-0.15, -0.1) is 0 Å². The zero-order valence-corrected chi connectivity index (χ0v) is 11.4. The number of carbonyl (C=O) groups is 1. The van der Waals surface area contributed by atoms with E-state index in [1.165, 1.54) is 0 Å². The van der Waals surface area contributed by atoms with Crippen LogP contribution in [0.5, 0.6) is 0 Å². The summed E-state index contributed by atoms with van der Waals surface area (Å²) in [6.45, 7) is 1.54. The van der Waals surface area contributed by atoms with E-state index in [0.717, 1.165) is 11.1 Å². The zero-order chi connectivity index (χ0) is 15.0. The van der Waals surface area contributed by atoms with Crippen molar-refractivity contribution in [3.63, 3.8) is 0 Å². The minimum atomic E-state index is -1.34. The Morgan fingerprint density at radius 2 is 1.48 bits per heavy atom. The van der Waals surface area contributed by atoms with E-state index in [4.69, 9.17) is 4.74 Å². The number of ether oxygens (including phenoxy) is 1. The number of aliphatic hydroxyl groups is 2. The van der Waals surface area contributed by atoms with E-state index in [1.807, 2.05) is 42.5 Å². The smallest absolute Gasteiger partial charge is 0.378 e. The third kappa shape index (κ3) is 2.05. The largest absolute Gasteiger partial charge is 0.505 e. The van der Waals surface area contributed by atoms with Gasteiger partial charge in [0, 0.05) is 5.56 Å². The molecular weight excluding hydrogens is 268 g/mol. The highest BCUT2D eigenvalue weighted by Gasteiger charge is 2.46. The second-order valence-corrected chi connectivity index (χ2v) is 5.06. The number of benzene rings is 2. The summed E-state index contributed by atoms with van der Waals surface area (Å²) in [4.78, 5) is 11.4. The van der Waals surface area contributed by atoms with E-state index in [1.54, 1.807) is 19.1 Å².